The number of hydrogen-bond acceptors (Lipinski definition) is 4. The maximum absolute atomic E-state index is 11.2. The van der Waals surface area contributed by atoms with Crippen LogP contribution in [0.3, 0.4) is 0 Å². The SMILES string of the molecule is C=CC(=O)Oc1cccc2c(N)c(N)ccc12. The highest BCUT2D eigenvalue weighted by Crippen LogP contribution is 2.32. The molecule has 0 unspecified atom stereocenters. The molecule has 0 aliphatic carbocycles. The molecule has 4 N–H and O–H groups in total. The molecule has 0 saturated carbocycles. The highest BCUT2D eigenvalue weighted by Gasteiger charge is 2.08. The van der Waals surface area contributed by atoms with Crippen molar-refractivity contribution >= 4 is 28.1 Å². The van der Waals surface area contributed by atoms with Crippen molar-refractivity contribution in [2.75, 3.05) is 11.5 Å². The van der Waals surface area contributed by atoms with Gasteiger partial charge in [-0.2, -0.15) is 0 Å². The predicted molar refractivity (Wildman–Crippen MR) is 68.6 cm³/mol. The zero-order valence-corrected chi connectivity index (χ0v) is 9.14. The van der Waals surface area contributed by atoms with Gasteiger partial charge in [0.05, 0.1) is 11.4 Å². The summed E-state index contributed by atoms with van der Waals surface area (Å²) in [5, 5.41) is 1.51. The molecular weight excluding hydrogens is 216 g/mol. The number of hydrogen-bond donors (Lipinski definition) is 2. The van der Waals surface area contributed by atoms with Gasteiger partial charge in [0, 0.05) is 16.8 Å². The first-order chi connectivity index (χ1) is 8.13. The second kappa shape index (κ2) is 4.17. The average molecular weight is 228 g/mol. The molecule has 0 aliphatic heterocycles. The van der Waals surface area contributed by atoms with E-state index in [0.717, 1.165) is 16.8 Å². The summed E-state index contributed by atoms with van der Waals surface area (Å²) in [5.74, 6) is -0.0630. The third kappa shape index (κ3) is 1.92. The minimum atomic E-state index is -0.507. The lowest BCUT2D eigenvalue weighted by molar-refractivity contribution is -0.128. The summed E-state index contributed by atoms with van der Waals surface area (Å²) in [6, 6.07) is 8.73. The van der Waals surface area contributed by atoms with Crippen molar-refractivity contribution < 1.29 is 9.53 Å². The first-order valence-electron chi connectivity index (χ1n) is 5.04. The standard InChI is InChI=1S/C13H12N2O2/c1-2-12(16)17-11-5-3-4-9-8(11)6-7-10(14)13(9)15/h2-7H,1,14-15H2. The molecule has 2 aromatic carbocycles. The molecule has 0 radical (unpaired) electrons. The van der Waals surface area contributed by atoms with E-state index in [1.807, 2.05) is 6.07 Å². The Balaban J connectivity index is 2.62. The van der Waals surface area contributed by atoms with Crippen molar-refractivity contribution in [1.29, 1.82) is 0 Å². The Kier molecular flexibility index (Phi) is 2.70. The molecule has 17 heavy (non-hydrogen) atoms. The van der Waals surface area contributed by atoms with Crippen molar-refractivity contribution in [2.24, 2.45) is 0 Å². The normalized spacial score (nSPS) is 10.1. The van der Waals surface area contributed by atoms with Crippen LogP contribution >= 0.6 is 0 Å². The number of carbonyl (C=O) groups excluding carboxylic acids is 1. The first-order valence-corrected chi connectivity index (χ1v) is 5.04. The van der Waals surface area contributed by atoms with Crippen LogP contribution in [-0.2, 0) is 4.79 Å². The van der Waals surface area contributed by atoms with E-state index in [1.54, 1.807) is 24.3 Å². The van der Waals surface area contributed by atoms with Crippen LogP contribution in [0.4, 0.5) is 11.4 Å². The molecule has 0 bridgehead atoms. The quantitative estimate of drug-likeness (QED) is 0.357. The number of nitrogen functional groups attached to an aromatic ring is 2. The molecule has 0 atom stereocenters. The fraction of sp³-hybridized carbons (Fsp3) is 0. The third-order valence-electron chi connectivity index (χ3n) is 2.47. The molecule has 0 amide bonds. The Morgan fingerprint density at radius 2 is 1.94 bits per heavy atom. The maximum atomic E-state index is 11.2. The molecule has 2 aromatic rings. The number of benzene rings is 2. The van der Waals surface area contributed by atoms with Gasteiger partial charge in [-0.3, -0.25) is 0 Å². The molecule has 0 fully saturated rings. The fourth-order valence-electron chi connectivity index (χ4n) is 1.61. The van der Waals surface area contributed by atoms with E-state index in [4.69, 9.17) is 16.2 Å². The molecule has 0 heterocycles. The molecule has 0 aliphatic rings. The van der Waals surface area contributed by atoms with Gasteiger partial charge in [0.25, 0.3) is 0 Å². The highest BCUT2D eigenvalue weighted by atomic mass is 16.5. The Labute approximate surface area is 98.5 Å². The number of rotatable bonds is 2. The summed E-state index contributed by atoms with van der Waals surface area (Å²) in [4.78, 5) is 11.2. The van der Waals surface area contributed by atoms with E-state index in [-0.39, 0.29) is 0 Å². The van der Waals surface area contributed by atoms with Crippen LogP contribution in [0.2, 0.25) is 0 Å². The van der Waals surface area contributed by atoms with Crippen LogP contribution in [0.1, 0.15) is 0 Å². The van der Waals surface area contributed by atoms with E-state index in [9.17, 15) is 4.79 Å². The summed E-state index contributed by atoms with van der Waals surface area (Å²) in [6.45, 7) is 3.35. The maximum Gasteiger partial charge on any atom is 0.335 e. The fourth-order valence-corrected chi connectivity index (χ4v) is 1.61. The topological polar surface area (TPSA) is 78.3 Å². The first kappa shape index (κ1) is 11.0. The van der Waals surface area contributed by atoms with E-state index in [0.29, 0.717) is 17.1 Å². The summed E-state index contributed by atoms with van der Waals surface area (Å²) in [5.41, 5.74) is 12.6. The molecule has 0 spiro atoms. The lowest BCUT2D eigenvalue weighted by Gasteiger charge is -2.09. The van der Waals surface area contributed by atoms with Gasteiger partial charge in [0.1, 0.15) is 5.75 Å². The minimum absolute atomic E-state index is 0.444. The number of anilines is 2. The van der Waals surface area contributed by atoms with Gasteiger partial charge in [0.15, 0.2) is 0 Å². The summed E-state index contributed by atoms with van der Waals surface area (Å²) in [7, 11) is 0. The summed E-state index contributed by atoms with van der Waals surface area (Å²) in [6.07, 6.45) is 1.11. The van der Waals surface area contributed by atoms with Gasteiger partial charge >= 0.3 is 5.97 Å². The average Bonchev–Trinajstić information content (AvgIpc) is 2.34. The third-order valence-corrected chi connectivity index (χ3v) is 2.47. The smallest absolute Gasteiger partial charge is 0.335 e. The van der Waals surface area contributed by atoms with E-state index in [2.05, 4.69) is 6.58 Å². The Bertz CT molecular complexity index is 606. The van der Waals surface area contributed by atoms with Gasteiger partial charge in [0.2, 0.25) is 0 Å². The second-order valence-corrected chi connectivity index (χ2v) is 3.54. The monoisotopic (exact) mass is 228 g/mol. The molecule has 2 rings (SSSR count). The summed E-state index contributed by atoms with van der Waals surface area (Å²) < 4.78 is 5.12. The largest absolute Gasteiger partial charge is 0.423 e. The van der Waals surface area contributed by atoms with Gasteiger partial charge in [-0.25, -0.2) is 4.79 Å². The van der Waals surface area contributed by atoms with E-state index >= 15 is 0 Å². The van der Waals surface area contributed by atoms with E-state index in [1.165, 1.54) is 0 Å². The van der Waals surface area contributed by atoms with Crippen molar-refractivity contribution in [3.8, 4) is 5.75 Å². The predicted octanol–water partition coefficient (Wildman–Crippen LogP) is 2.10. The van der Waals surface area contributed by atoms with Gasteiger partial charge in [-0.1, -0.05) is 18.7 Å². The zero-order chi connectivity index (χ0) is 12.4. The number of carbonyl (C=O) groups is 1. The van der Waals surface area contributed by atoms with Crippen LogP contribution in [0.15, 0.2) is 43.0 Å². The molecule has 86 valence electrons. The lowest BCUT2D eigenvalue weighted by Crippen LogP contribution is -2.04. The minimum Gasteiger partial charge on any atom is -0.423 e. The van der Waals surface area contributed by atoms with Crippen LogP contribution in [0, 0.1) is 0 Å². The van der Waals surface area contributed by atoms with Crippen molar-refractivity contribution in [3.05, 3.63) is 43.0 Å². The molecule has 4 heteroatoms. The molecule has 0 saturated heterocycles. The van der Waals surface area contributed by atoms with Gasteiger partial charge in [-0.15, -0.1) is 0 Å². The van der Waals surface area contributed by atoms with Gasteiger partial charge < -0.3 is 16.2 Å². The van der Waals surface area contributed by atoms with Crippen LogP contribution in [0.25, 0.3) is 10.8 Å². The van der Waals surface area contributed by atoms with Crippen molar-refractivity contribution in [1.82, 2.24) is 0 Å². The number of ether oxygens (including phenoxy) is 1. The molecule has 0 aromatic heterocycles. The van der Waals surface area contributed by atoms with Gasteiger partial charge in [-0.05, 0) is 18.2 Å². The second-order valence-electron chi connectivity index (χ2n) is 3.54. The zero-order valence-electron chi connectivity index (χ0n) is 9.14. The number of fused-ring (bicyclic) bond motifs is 1. The number of esters is 1. The van der Waals surface area contributed by atoms with Crippen LogP contribution < -0.4 is 16.2 Å². The van der Waals surface area contributed by atoms with E-state index < -0.39 is 5.97 Å². The van der Waals surface area contributed by atoms with Crippen molar-refractivity contribution in [3.63, 3.8) is 0 Å². The number of nitrogens with two attached hydrogens (primary N) is 2. The lowest BCUT2D eigenvalue weighted by atomic mass is 10.1. The van der Waals surface area contributed by atoms with Crippen molar-refractivity contribution in [2.45, 2.75) is 0 Å². The summed E-state index contributed by atoms with van der Waals surface area (Å²) >= 11 is 0. The Morgan fingerprint density at radius 1 is 1.18 bits per heavy atom. The molecule has 4 nitrogen and oxygen atoms in total. The van der Waals surface area contributed by atoms with Crippen LogP contribution in [-0.4, -0.2) is 5.97 Å². The highest BCUT2D eigenvalue weighted by molar-refractivity contribution is 6.02. The Morgan fingerprint density at radius 3 is 2.65 bits per heavy atom. The van der Waals surface area contributed by atoms with Crippen LogP contribution in [0.5, 0.6) is 5.75 Å². The molecular formula is C13H12N2O2. The Hall–Kier alpha value is -2.49.